The summed E-state index contributed by atoms with van der Waals surface area (Å²) >= 11 is 0. The molecule has 1 amide bonds. The number of hydrogen-bond acceptors (Lipinski definition) is 3. The fraction of sp³-hybridized carbons (Fsp3) is 0.333. The molecule has 3 aromatic rings. The van der Waals surface area contributed by atoms with Crippen molar-refractivity contribution in [2.45, 2.75) is 31.4 Å². The fourth-order valence-corrected chi connectivity index (χ4v) is 3.81. The summed E-state index contributed by atoms with van der Waals surface area (Å²) in [4.78, 5) is 17.4. The summed E-state index contributed by atoms with van der Waals surface area (Å²) in [5.74, 6) is 0.218. The second kappa shape index (κ2) is 6.92. The van der Waals surface area contributed by atoms with Crippen LogP contribution >= 0.6 is 0 Å². The molecule has 134 valence electrons. The first-order chi connectivity index (χ1) is 12.6. The predicted octanol–water partition coefficient (Wildman–Crippen LogP) is 2.69. The van der Waals surface area contributed by atoms with Crippen molar-refractivity contribution < 1.29 is 9.90 Å². The van der Waals surface area contributed by atoms with Crippen molar-refractivity contribution in [3.8, 4) is 0 Å². The summed E-state index contributed by atoms with van der Waals surface area (Å²) in [7, 11) is 1.95. The quantitative estimate of drug-likeness (QED) is 0.744. The van der Waals surface area contributed by atoms with E-state index < -0.39 is 0 Å². The van der Waals surface area contributed by atoms with Crippen molar-refractivity contribution in [1.29, 1.82) is 0 Å². The van der Waals surface area contributed by atoms with Crippen LogP contribution in [0, 0.1) is 5.92 Å². The number of carbonyl (C=O) groups excluding carboxylic acids is 1. The van der Waals surface area contributed by atoms with Gasteiger partial charge in [-0.2, -0.15) is 0 Å². The second-order valence-electron chi connectivity index (χ2n) is 7.16. The molecule has 26 heavy (non-hydrogen) atoms. The number of hydrogen-bond donors (Lipinski definition) is 2. The SMILES string of the molecule is Cn1cc(C(=O)N[C@@H](Cc2ccccn2)C2CC(O)C2)c2ccccc21. The number of aromatic nitrogens is 2. The highest BCUT2D eigenvalue weighted by Crippen LogP contribution is 2.32. The first kappa shape index (κ1) is 16.8. The third-order valence-corrected chi connectivity index (χ3v) is 5.33. The second-order valence-corrected chi connectivity index (χ2v) is 7.16. The van der Waals surface area contributed by atoms with Crippen LogP contribution in [-0.4, -0.2) is 32.7 Å². The summed E-state index contributed by atoms with van der Waals surface area (Å²) in [5.41, 5.74) is 2.68. The largest absolute Gasteiger partial charge is 0.393 e. The number of pyridine rings is 1. The van der Waals surface area contributed by atoms with Gasteiger partial charge in [-0.25, -0.2) is 0 Å². The van der Waals surface area contributed by atoms with Crippen LogP contribution in [0.15, 0.2) is 54.9 Å². The summed E-state index contributed by atoms with van der Waals surface area (Å²) in [5, 5.41) is 13.9. The normalized spacial score (nSPS) is 20.5. The van der Waals surface area contributed by atoms with E-state index in [2.05, 4.69) is 10.3 Å². The lowest BCUT2D eigenvalue weighted by molar-refractivity contribution is 0.0238. The molecule has 1 aliphatic rings. The van der Waals surface area contributed by atoms with Gasteiger partial charge in [0.1, 0.15) is 0 Å². The third-order valence-electron chi connectivity index (χ3n) is 5.33. The molecule has 0 aliphatic heterocycles. The van der Waals surface area contributed by atoms with E-state index >= 15 is 0 Å². The van der Waals surface area contributed by atoms with Crippen molar-refractivity contribution in [1.82, 2.24) is 14.9 Å². The highest BCUT2D eigenvalue weighted by Gasteiger charge is 2.35. The van der Waals surface area contributed by atoms with Crippen LogP contribution in [0.25, 0.3) is 10.9 Å². The molecule has 1 aliphatic carbocycles. The Bertz CT molecular complexity index is 913. The van der Waals surface area contributed by atoms with Crippen LogP contribution < -0.4 is 5.32 Å². The number of amides is 1. The Hall–Kier alpha value is -2.66. The van der Waals surface area contributed by atoms with Gasteiger partial charge < -0.3 is 15.0 Å². The van der Waals surface area contributed by atoms with E-state index in [0.717, 1.165) is 29.4 Å². The standard InChI is InChI=1S/C21H23N3O2/c1-24-13-18(17-7-2-3-8-20(17)24)21(26)23-19(14-10-16(25)11-14)12-15-6-4-5-9-22-15/h2-9,13-14,16,19,25H,10-12H2,1H3,(H,23,26)/t14?,16?,19-/m0/s1. The van der Waals surface area contributed by atoms with Gasteiger partial charge in [-0.15, -0.1) is 0 Å². The van der Waals surface area contributed by atoms with Crippen LogP contribution in [0.3, 0.4) is 0 Å². The molecule has 4 rings (SSSR count). The van der Waals surface area contributed by atoms with Crippen LogP contribution in [0.2, 0.25) is 0 Å². The number of benzene rings is 1. The van der Waals surface area contributed by atoms with Gasteiger partial charge in [0.25, 0.3) is 5.91 Å². The third kappa shape index (κ3) is 3.22. The molecule has 0 spiro atoms. The number of aliphatic hydroxyl groups excluding tert-OH is 1. The number of rotatable bonds is 5. The van der Waals surface area contributed by atoms with E-state index in [1.807, 2.05) is 60.3 Å². The Balaban J connectivity index is 1.57. The Labute approximate surface area is 152 Å². The summed E-state index contributed by atoms with van der Waals surface area (Å²) in [6.45, 7) is 0. The molecule has 2 heterocycles. The van der Waals surface area contributed by atoms with E-state index in [4.69, 9.17) is 0 Å². The number of nitrogens with zero attached hydrogens (tertiary/aromatic N) is 2. The highest BCUT2D eigenvalue weighted by molar-refractivity contribution is 6.07. The average molecular weight is 349 g/mol. The number of aliphatic hydroxyl groups is 1. The lowest BCUT2D eigenvalue weighted by atomic mass is 9.76. The Morgan fingerprint density at radius 1 is 1.27 bits per heavy atom. The van der Waals surface area contributed by atoms with Gasteiger partial charge in [0, 0.05) is 48.5 Å². The van der Waals surface area contributed by atoms with E-state index in [1.54, 1.807) is 6.20 Å². The van der Waals surface area contributed by atoms with E-state index in [1.165, 1.54) is 0 Å². The minimum atomic E-state index is -0.249. The molecular formula is C21H23N3O2. The van der Waals surface area contributed by atoms with Gasteiger partial charge in [0.2, 0.25) is 0 Å². The minimum Gasteiger partial charge on any atom is -0.393 e. The number of para-hydroxylation sites is 1. The maximum atomic E-state index is 13.0. The van der Waals surface area contributed by atoms with E-state index in [-0.39, 0.29) is 24.0 Å². The molecule has 0 radical (unpaired) electrons. The number of nitrogens with one attached hydrogen (secondary N) is 1. The lowest BCUT2D eigenvalue weighted by Gasteiger charge is -2.38. The number of fused-ring (bicyclic) bond motifs is 1. The molecule has 2 N–H and O–H groups in total. The highest BCUT2D eigenvalue weighted by atomic mass is 16.3. The molecule has 0 saturated heterocycles. The molecule has 2 aromatic heterocycles. The van der Waals surface area contributed by atoms with Crippen molar-refractivity contribution in [2.24, 2.45) is 13.0 Å². The van der Waals surface area contributed by atoms with Crippen LogP contribution in [0.1, 0.15) is 28.9 Å². The van der Waals surface area contributed by atoms with Gasteiger partial charge >= 0.3 is 0 Å². The number of aryl methyl sites for hydroxylation is 1. The van der Waals surface area contributed by atoms with Gasteiger partial charge in [0.05, 0.1) is 11.7 Å². The lowest BCUT2D eigenvalue weighted by Crippen LogP contribution is -2.48. The number of carbonyl (C=O) groups is 1. The van der Waals surface area contributed by atoms with Crippen molar-refractivity contribution >= 4 is 16.8 Å². The molecule has 1 fully saturated rings. The molecule has 1 aromatic carbocycles. The maximum absolute atomic E-state index is 13.0. The molecule has 5 heteroatoms. The first-order valence-electron chi connectivity index (χ1n) is 9.04. The summed E-state index contributed by atoms with van der Waals surface area (Å²) in [6.07, 6.45) is 5.54. The summed E-state index contributed by atoms with van der Waals surface area (Å²) < 4.78 is 1.98. The van der Waals surface area contributed by atoms with Gasteiger partial charge in [-0.05, 0) is 37.0 Å². The van der Waals surface area contributed by atoms with Gasteiger partial charge in [0.15, 0.2) is 0 Å². The molecule has 5 nitrogen and oxygen atoms in total. The van der Waals surface area contributed by atoms with Crippen molar-refractivity contribution in [2.75, 3.05) is 0 Å². The van der Waals surface area contributed by atoms with Crippen molar-refractivity contribution in [3.63, 3.8) is 0 Å². The molecule has 1 saturated carbocycles. The van der Waals surface area contributed by atoms with E-state index in [0.29, 0.717) is 12.0 Å². The average Bonchev–Trinajstić information content (AvgIpc) is 2.97. The maximum Gasteiger partial charge on any atom is 0.253 e. The molecule has 0 unspecified atom stereocenters. The molecule has 0 bridgehead atoms. The Morgan fingerprint density at radius 2 is 2.04 bits per heavy atom. The molecular weight excluding hydrogens is 326 g/mol. The van der Waals surface area contributed by atoms with Crippen molar-refractivity contribution in [3.05, 3.63) is 66.1 Å². The van der Waals surface area contributed by atoms with E-state index in [9.17, 15) is 9.90 Å². The zero-order chi connectivity index (χ0) is 18.1. The minimum absolute atomic E-state index is 0.0280. The van der Waals surface area contributed by atoms with Crippen LogP contribution in [0.4, 0.5) is 0 Å². The zero-order valence-electron chi connectivity index (χ0n) is 14.8. The summed E-state index contributed by atoms with van der Waals surface area (Å²) in [6, 6.07) is 13.7. The van der Waals surface area contributed by atoms with Gasteiger partial charge in [-0.1, -0.05) is 24.3 Å². The van der Waals surface area contributed by atoms with Gasteiger partial charge in [-0.3, -0.25) is 9.78 Å². The van der Waals surface area contributed by atoms with Crippen LogP contribution in [0.5, 0.6) is 0 Å². The first-order valence-corrected chi connectivity index (χ1v) is 9.04. The fourth-order valence-electron chi connectivity index (χ4n) is 3.81. The predicted molar refractivity (Wildman–Crippen MR) is 101 cm³/mol. The Morgan fingerprint density at radius 3 is 2.77 bits per heavy atom. The van der Waals surface area contributed by atoms with Crippen LogP contribution in [-0.2, 0) is 13.5 Å². The zero-order valence-corrected chi connectivity index (χ0v) is 14.8. The smallest absolute Gasteiger partial charge is 0.253 e. The molecule has 1 atom stereocenters. The topological polar surface area (TPSA) is 67.2 Å². The monoisotopic (exact) mass is 349 g/mol. The Kier molecular flexibility index (Phi) is 4.47.